The molecule has 2 aromatic carbocycles. The Bertz CT molecular complexity index is 979. The van der Waals surface area contributed by atoms with Gasteiger partial charge >= 0.3 is 0 Å². The number of aryl methyl sites for hydroxylation is 1. The summed E-state index contributed by atoms with van der Waals surface area (Å²) in [7, 11) is 1.85. The molecule has 0 aliphatic heterocycles. The van der Waals surface area contributed by atoms with Crippen LogP contribution in [-0.4, -0.2) is 27.6 Å². The quantitative estimate of drug-likeness (QED) is 0.489. The van der Waals surface area contributed by atoms with Gasteiger partial charge in [-0.1, -0.05) is 75.2 Å². The third-order valence-electron chi connectivity index (χ3n) is 4.90. The predicted molar refractivity (Wildman–Crippen MR) is 119 cm³/mol. The molecule has 152 valence electrons. The monoisotopic (exact) mass is 409 g/mol. The standard InChI is InChI=1S/C24H28ClN3O/c1-5-10-21-22(24(29)27(4)16-18-11-7-6-8-12-18)23(17(2)3)28(26-21)20-14-9-13-19(25)15-20/h6-9,11-15,17H,5,10,16H2,1-4H3. The molecule has 3 aromatic rings. The van der Waals surface area contributed by atoms with Crippen molar-refractivity contribution >= 4 is 17.5 Å². The van der Waals surface area contributed by atoms with E-state index in [0.29, 0.717) is 11.6 Å². The van der Waals surface area contributed by atoms with Gasteiger partial charge in [-0.05, 0) is 36.1 Å². The van der Waals surface area contributed by atoms with Crippen LogP contribution in [0, 0.1) is 0 Å². The van der Waals surface area contributed by atoms with Crippen molar-refractivity contribution in [1.82, 2.24) is 14.7 Å². The molecule has 3 rings (SSSR count). The lowest BCUT2D eigenvalue weighted by Gasteiger charge is -2.20. The third-order valence-corrected chi connectivity index (χ3v) is 5.14. The Labute approximate surface area is 178 Å². The van der Waals surface area contributed by atoms with Crippen molar-refractivity contribution in [2.45, 2.75) is 46.1 Å². The van der Waals surface area contributed by atoms with Crippen LogP contribution in [0.15, 0.2) is 54.6 Å². The molecule has 0 aliphatic carbocycles. The Morgan fingerprint density at radius 3 is 2.48 bits per heavy atom. The highest BCUT2D eigenvalue weighted by atomic mass is 35.5. The van der Waals surface area contributed by atoms with Crippen molar-refractivity contribution in [2.75, 3.05) is 7.05 Å². The molecule has 0 bridgehead atoms. The molecule has 1 amide bonds. The number of rotatable bonds is 7. The summed E-state index contributed by atoms with van der Waals surface area (Å²) in [6.07, 6.45) is 1.68. The maximum atomic E-state index is 13.5. The van der Waals surface area contributed by atoms with E-state index in [9.17, 15) is 4.79 Å². The minimum atomic E-state index is 0.00859. The van der Waals surface area contributed by atoms with Gasteiger partial charge in [0.25, 0.3) is 5.91 Å². The van der Waals surface area contributed by atoms with Gasteiger partial charge in [0.2, 0.25) is 0 Å². The zero-order chi connectivity index (χ0) is 21.0. The molecule has 0 N–H and O–H groups in total. The summed E-state index contributed by atoms with van der Waals surface area (Å²) in [5, 5.41) is 5.51. The summed E-state index contributed by atoms with van der Waals surface area (Å²) >= 11 is 6.22. The van der Waals surface area contributed by atoms with Crippen LogP contribution in [0.1, 0.15) is 60.4 Å². The number of benzene rings is 2. The number of hydrogen-bond acceptors (Lipinski definition) is 2. The topological polar surface area (TPSA) is 38.1 Å². The smallest absolute Gasteiger partial charge is 0.257 e. The molecule has 1 heterocycles. The maximum Gasteiger partial charge on any atom is 0.257 e. The third kappa shape index (κ3) is 4.70. The van der Waals surface area contributed by atoms with E-state index in [1.54, 1.807) is 4.90 Å². The van der Waals surface area contributed by atoms with Crippen LogP contribution in [0.3, 0.4) is 0 Å². The fraction of sp³-hybridized carbons (Fsp3) is 0.333. The van der Waals surface area contributed by atoms with Gasteiger partial charge in [-0.3, -0.25) is 4.79 Å². The molecular formula is C24H28ClN3O. The van der Waals surface area contributed by atoms with Gasteiger partial charge in [-0.25, -0.2) is 4.68 Å². The van der Waals surface area contributed by atoms with Crippen LogP contribution in [0.4, 0.5) is 0 Å². The van der Waals surface area contributed by atoms with E-state index in [2.05, 4.69) is 20.8 Å². The number of hydrogen-bond donors (Lipinski definition) is 0. The SMILES string of the molecule is CCCc1nn(-c2cccc(Cl)c2)c(C(C)C)c1C(=O)N(C)Cc1ccccc1. The average Bonchev–Trinajstić information content (AvgIpc) is 3.08. The number of carbonyl (C=O) groups excluding carboxylic acids is 1. The first kappa shape index (κ1) is 21.1. The van der Waals surface area contributed by atoms with Crippen LogP contribution < -0.4 is 0 Å². The second-order valence-corrected chi connectivity index (χ2v) is 8.09. The van der Waals surface area contributed by atoms with Gasteiger partial charge in [0.05, 0.1) is 22.6 Å². The molecule has 0 saturated heterocycles. The zero-order valence-corrected chi connectivity index (χ0v) is 18.3. The summed E-state index contributed by atoms with van der Waals surface area (Å²) in [6.45, 7) is 6.87. The first-order chi connectivity index (χ1) is 13.9. The fourth-order valence-electron chi connectivity index (χ4n) is 3.58. The van der Waals surface area contributed by atoms with E-state index in [4.69, 9.17) is 16.7 Å². The molecule has 4 nitrogen and oxygen atoms in total. The number of halogens is 1. The highest BCUT2D eigenvalue weighted by Crippen LogP contribution is 2.29. The summed E-state index contributed by atoms with van der Waals surface area (Å²) in [5.74, 6) is 0.144. The van der Waals surface area contributed by atoms with Crippen molar-refractivity contribution in [1.29, 1.82) is 0 Å². The Morgan fingerprint density at radius 1 is 1.14 bits per heavy atom. The molecule has 5 heteroatoms. The highest BCUT2D eigenvalue weighted by molar-refractivity contribution is 6.30. The number of amides is 1. The second kappa shape index (κ2) is 9.27. The number of aromatic nitrogens is 2. The molecule has 0 spiro atoms. The van der Waals surface area contributed by atoms with Gasteiger partial charge in [0.1, 0.15) is 0 Å². The molecule has 1 aromatic heterocycles. The first-order valence-corrected chi connectivity index (χ1v) is 10.5. The van der Waals surface area contributed by atoms with Crippen LogP contribution in [0.2, 0.25) is 5.02 Å². The van der Waals surface area contributed by atoms with E-state index in [1.807, 2.05) is 66.3 Å². The minimum absolute atomic E-state index is 0.00859. The van der Waals surface area contributed by atoms with E-state index in [-0.39, 0.29) is 11.8 Å². The van der Waals surface area contributed by atoms with Gasteiger partial charge in [-0.15, -0.1) is 0 Å². The number of carbonyl (C=O) groups is 1. The average molecular weight is 410 g/mol. The molecular weight excluding hydrogens is 382 g/mol. The van der Waals surface area contributed by atoms with Crippen molar-refractivity contribution < 1.29 is 4.79 Å². The van der Waals surface area contributed by atoms with Crippen LogP contribution in [0.5, 0.6) is 0 Å². The Kier molecular flexibility index (Phi) is 6.75. The largest absolute Gasteiger partial charge is 0.337 e. The second-order valence-electron chi connectivity index (χ2n) is 7.65. The van der Waals surface area contributed by atoms with Crippen LogP contribution >= 0.6 is 11.6 Å². The summed E-state index contributed by atoms with van der Waals surface area (Å²) in [4.78, 5) is 15.3. The first-order valence-electron chi connectivity index (χ1n) is 10.1. The van der Waals surface area contributed by atoms with E-state index >= 15 is 0 Å². The lowest BCUT2D eigenvalue weighted by atomic mass is 10.00. The van der Waals surface area contributed by atoms with Crippen molar-refractivity contribution in [3.63, 3.8) is 0 Å². The fourth-order valence-corrected chi connectivity index (χ4v) is 3.77. The van der Waals surface area contributed by atoms with Crippen LogP contribution in [0.25, 0.3) is 5.69 Å². The van der Waals surface area contributed by atoms with Crippen molar-refractivity contribution in [3.8, 4) is 5.69 Å². The lowest BCUT2D eigenvalue weighted by molar-refractivity contribution is 0.0782. The van der Waals surface area contributed by atoms with Gasteiger partial charge in [0.15, 0.2) is 0 Å². The summed E-state index contributed by atoms with van der Waals surface area (Å²) in [5.41, 5.74) is 4.49. The minimum Gasteiger partial charge on any atom is -0.337 e. The van der Waals surface area contributed by atoms with Gasteiger partial charge in [0, 0.05) is 18.6 Å². The summed E-state index contributed by atoms with van der Waals surface area (Å²) < 4.78 is 1.89. The van der Waals surface area contributed by atoms with E-state index < -0.39 is 0 Å². The molecule has 0 atom stereocenters. The normalized spacial score (nSPS) is 11.1. The van der Waals surface area contributed by atoms with Gasteiger partial charge in [-0.2, -0.15) is 5.10 Å². The molecule has 0 saturated carbocycles. The Morgan fingerprint density at radius 2 is 1.86 bits per heavy atom. The molecule has 0 unspecified atom stereocenters. The van der Waals surface area contributed by atoms with E-state index in [0.717, 1.165) is 41.0 Å². The van der Waals surface area contributed by atoms with Crippen molar-refractivity contribution in [2.24, 2.45) is 0 Å². The van der Waals surface area contributed by atoms with Gasteiger partial charge < -0.3 is 4.90 Å². The zero-order valence-electron chi connectivity index (χ0n) is 17.5. The Hall–Kier alpha value is -2.59. The van der Waals surface area contributed by atoms with E-state index in [1.165, 1.54) is 0 Å². The lowest BCUT2D eigenvalue weighted by Crippen LogP contribution is -2.28. The highest BCUT2D eigenvalue weighted by Gasteiger charge is 2.28. The van der Waals surface area contributed by atoms with Crippen LogP contribution in [-0.2, 0) is 13.0 Å². The summed E-state index contributed by atoms with van der Waals surface area (Å²) in [6, 6.07) is 17.7. The maximum absolute atomic E-state index is 13.5. The van der Waals surface area contributed by atoms with Crippen molar-refractivity contribution in [3.05, 3.63) is 82.1 Å². The molecule has 29 heavy (non-hydrogen) atoms. The molecule has 0 aliphatic rings. The number of nitrogens with zero attached hydrogens (tertiary/aromatic N) is 3. The Balaban J connectivity index is 2.07. The molecule has 0 radical (unpaired) electrons. The predicted octanol–water partition coefficient (Wildman–Crippen LogP) is 5.87. The molecule has 0 fully saturated rings.